The number of urea groups is 1. The first kappa shape index (κ1) is 43.2. The number of aryl methyl sites for hydroxylation is 4. The maximum Gasteiger partial charge on any atom is 0.317 e. The number of rotatable bonds is 20. The average molecular weight is 808 g/mol. The fourth-order valence-corrected chi connectivity index (χ4v) is 8.73. The Bertz CT molecular complexity index is 1720. The average Bonchev–Trinajstić information content (AvgIpc) is 3.21. The van der Waals surface area contributed by atoms with Crippen LogP contribution in [0, 0.1) is 5.92 Å². The smallest absolute Gasteiger partial charge is 0.317 e. The number of likely N-dealkylation sites (tertiary alicyclic amines) is 2. The molecule has 0 aliphatic carbocycles. The van der Waals surface area contributed by atoms with Crippen LogP contribution >= 0.6 is 0 Å². The Labute approximate surface area is 340 Å². The summed E-state index contributed by atoms with van der Waals surface area (Å²) in [6, 6.07) is 8.16. The molecule has 2 saturated heterocycles. The van der Waals surface area contributed by atoms with Crippen LogP contribution in [0.4, 0.5) is 16.4 Å². The lowest BCUT2D eigenvalue weighted by atomic mass is 9.85. The number of hydrogen-bond donors (Lipinski definition) is 6. The number of aromatic nitrogens is 2. The third-order valence-corrected chi connectivity index (χ3v) is 12.1. The van der Waals surface area contributed by atoms with E-state index in [-0.39, 0.29) is 44.5 Å². The Morgan fingerprint density at radius 3 is 2.14 bits per heavy atom. The monoisotopic (exact) mass is 807 g/mol. The first-order valence-corrected chi connectivity index (χ1v) is 21.1. The fraction of sp³-hybridized carbons (Fsp3) is 0.667. The van der Waals surface area contributed by atoms with E-state index in [2.05, 4.69) is 34.1 Å². The molecule has 0 radical (unpaired) electrons. The molecule has 4 aliphatic rings. The number of amides is 2. The van der Waals surface area contributed by atoms with E-state index in [4.69, 9.17) is 19.4 Å². The van der Waals surface area contributed by atoms with Crippen LogP contribution in [0.25, 0.3) is 0 Å². The van der Waals surface area contributed by atoms with E-state index in [1.165, 1.54) is 11.1 Å². The van der Waals surface area contributed by atoms with Gasteiger partial charge in [0.05, 0.1) is 37.8 Å². The van der Waals surface area contributed by atoms with Gasteiger partial charge in [-0.25, -0.2) is 14.8 Å². The molecule has 6 rings (SSSR count). The predicted octanol–water partition coefficient (Wildman–Crippen LogP) is 3.30. The minimum absolute atomic E-state index is 0.000882. The van der Waals surface area contributed by atoms with Crippen molar-refractivity contribution in [2.45, 2.75) is 107 Å². The molecule has 16 heteroatoms. The minimum Gasteiger partial charge on any atom is -0.481 e. The van der Waals surface area contributed by atoms with Crippen molar-refractivity contribution in [1.29, 1.82) is 0 Å². The summed E-state index contributed by atoms with van der Waals surface area (Å²) < 4.78 is 12.3. The van der Waals surface area contributed by atoms with Gasteiger partial charge < -0.3 is 50.4 Å². The number of nitrogens with one attached hydrogen (secondary N) is 3. The topological polar surface area (TPSA) is 216 Å². The van der Waals surface area contributed by atoms with Gasteiger partial charge in [0.15, 0.2) is 0 Å². The van der Waals surface area contributed by atoms with Crippen molar-refractivity contribution in [3.63, 3.8) is 0 Å². The second-order valence-corrected chi connectivity index (χ2v) is 16.4. The second-order valence-electron chi connectivity index (χ2n) is 16.4. The highest BCUT2D eigenvalue weighted by Gasteiger charge is 2.45. The molecule has 318 valence electrons. The maximum absolute atomic E-state index is 13.0. The number of aliphatic carboxylic acids is 2. The summed E-state index contributed by atoms with van der Waals surface area (Å²) in [7, 11) is 0. The van der Waals surface area contributed by atoms with Gasteiger partial charge in [-0.1, -0.05) is 12.1 Å². The Morgan fingerprint density at radius 1 is 0.879 bits per heavy atom. The number of fused-ring (bicyclic) bond motifs is 2. The van der Waals surface area contributed by atoms with Gasteiger partial charge >= 0.3 is 18.0 Å². The molecule has 6 heterocycles. The molecule has 2 unspecified atom stereocenters. The van der Waals surface area contributed by atoms with Crippen molar-refractivity contribution in [2.75, 3.05) is 76.2 Å². The zero-order chi connectivity index (χ0) is 41.0. The summed E-state index contributed by atoms with van der Waals surface area (Å²) in [6.07, 6.45) is 8.14. The van der Waals surface area contributed by atoms with Crippen LogP contribution in [0.15, 0.2) is 24.3 Å². The van der Waals surface area contributed by atoms with Crippen molar-refractivity contribution in [1.82, 2.24) is 25.1 Å². The SMILES string of the molecule is O=CC(CCCc1ccc2c(n1)NCCC2)CN1CC[C@@](O)(CC(=O)O)C(OCCOC2(CC(=O)O)CCN(C(=O)NCCCc3ccc4c(n3)NCCC4)CC2)C1. The van der Waals surface area contributed by atoms with Crippen molar-refractivity contribution in [3.8, 4) is 0 Å². The van der Waals surface area contributed by atoms with E-state index in [9.17, 15) is 34.5 Å². The Morgan fingerprint density at radius 2 is 1.52 bits per heavy atom. The van der Waals surface area contributed by atoms with Crippen LogP contribution in [0.2, 0.25) is 0 Å². The van der Waals surface area contributed by atoms with E-state index in [1.807, 2.05) is 11.0 Å². The second kappa shape index (κ2) is 20.5. The van der Waals surface area contributed by atoms with Gasteiger partial charge in [0, 0.05) is 69.7 Å². The number of ether oxygens (including phenoxy) is 2. The third-order valence-electron chi connectivity index (χ3n) is 12.1. The summed E-state index contributed by atoms with van der Waals surface area (Å²) >= 11 is 0. The van der Waals surface area contributed by atoms with Gasteiger partial charge in [-0.15, -0.1) is 0 Å². The van der Waals surface area contributed by atoms with Gasteiger partial charge in [0.25, 0.3) is 0 Å². The highest BCUT2D eigenvalue weighted by Crippen LogP contribution is 2.32. The standard InChI is InChI=1S/C42H61N7O9/c50-29-30(5-1-8-33-12-10-31-6-2-17-43-38(31)46-33)27-48-20-16-42(56,26-37(53)54)35(28-48)57-23-24-58-41(25-36(51)52)14-21-49(22-15-41)40(55)45-19-4-9-34-13-11-32-7-3-18-44-39(32)47-34/h10-13,29-30,35,56H,1-9,14-28H2,(H,43,46)(H,44,47)(H,45,55)(H,51,52)(H,53,54)/t30?,35?,42-/m1/s1. The zero-order valence-corrected chi connectivity index (χ0v) is 33.6. The maximum atomic E-state index is 13.0. The van der Waals surface area contributed by atoms with Crippen LogP contribution in [0.1, 0.15) is 86.7 Å². The number of carboxylic acid groups (broad SMARTS) is 2. The van der Waals surface area contributed by atoms with Gasteiger partial charge in [-0.3, -0.25) is 14.5 Å². The molecule has 2 fully saturated rings. The predicted molar refractivity (Wildman–Crippen MR) is 216 cm³/mol. The number of aliphatic hydroxyl groups is 1. The zero-order valence-electron chi connectivity index (χ0n) is 33.6. The normalized spacial score (nSPS) is 22.1. The van der Waals surface area contributed by atoms with Gasteiger partial charge in [0.2, 0.25) is 0 Å². The molecule has 2 amide bonds. The molecule has 2 aromatic rings. The molecular formula is C42H61N7O9. The number of anilines is 2. The molecule has 6 N–H and O–H groups in total. The molecule has 4 aliphatic heterocycles. The number of pyridine rings is 2. The van der Waals surface area contributed by atoms with Crippen molar-refractivity contribution in [3.05, 3.63) is 46.8 Å². The van der Waals surface area contributed by atoms with Crippen molar-refractivity contribution in [2.24, 2.45) is 5.92 Å². The molecule has 0 spiro atoms. The Balaban J connectivity index is 0.939. The molecule has 3 atom stereocenters. The summed E-state index contributed by atoms with van der Waals surface area (Å²) in [6.45, 7) is 4.12. The van der Waals surface area contributed by atoms with Crippen LogP contribution in [-0.2, 0) is 49.5 Å². The molecule has 2 aromatic heterocycles. The molecule has 58 heavy (non-hydrogen) atoms. The number of piperidine rings is 2. The number of hydrogen-bond acceptors (Lipinski definition) is 12. The summed E-state index contributed by atoms with van der Waals surface area (Å²) in [4.78, 5) is 62.0. The van der Waals surface area contributed by atoms with E-state index in [0.717, 1.165) is 93.8 Å². The highest BCUT2D eigenvalue weighted by molar-refractivity contribution is 5.74. The van der Waals surface area contributed by atoms with Crippen LogP contribution in [0.3, 0.4) is 0 Å². The largest absolute Gasteiger partial charge is 0.481 e. The molecular weight excluding hydrogens is 747 g/mol. The van der Waals surface area contributed by atoms with E-state index >= 15 is 0 Å². The quantitative estimate of drug-likeness (QED) is 0.0837. The highest BCUT2D eigenvalue weighted by atomic mass is 16.5. The summed E-state index contributed by atoms with van der Waals surface area (Å²) in [5.74, 6) is -0.486. The molecule has 0 aromatic carbocycles. The lowest BCUT2D eigenvalue weighted by molar-refractivity contribution is -0.178. The number of aldehydes is 1. The lowest BCUT2D eigenvalue weighted by Crippen LogP contribution is -2.58. The summed E-state index contributed by atoms with van der Waals surface area (Å²) in [5.41, 5.74) is 1.83. The fourth-order valence-electron chi connectivity index (χ4n) is 8.73. The first-order valence-electron chi connectivity index (χ1n) is 21.1. The van der Waals surface area contributed by atoms with Gasteiger partial charge in [-0.2, -0.15) is 0 Å². The Kier molecular flexibility index (Phi) is 15.3. The Hall–Kier alpha value is -4.38. The van der Waals surface area contributed by atoms with Crippen molar-refractivity contribution >= 4 is 35.9 Å². The van der Waals surface area contributed by atoms with Gasteiger partial charge in [-0.05, 0) is 100 Å². The molecule has 16 nitrogen and oxygen atoms in total. The molecule has 0 saturated carbocycles. The molecule has 0 bridgehead atoms. The number of carbonyl (C=O) groups excluding carboxylic acids is 2. The first-order chi connectivity index (χ1) is 28.0. The number of carbonyl (C=O) groups is 4. The van der Waals surface area contributed by atoms with E-state index in [0.29, 0.717) is 52.0 Å². The number of carboxylic acids is 2. The third kappa shape index (κ3) is 12.1. The van der Waals surface area contributed by atoms with Gasteiger partial charge in [0.1, 0.15) is 23.5 Å². The van der Waals surface area contributed by atoms with Crippen LogP contribution < -0.4 is 16.0 Å². The minimum atomic E-state index is -1.61. The number of nitrogens with zero attached hydrogens (tertiary/aromatic N) is 4. The van der Waals surface area contributed by atoms with Crippen LogP contribution in [0.5, 0.6) is 0 Å². The van der Waals surface area contributed by atoms with E-state index < -0.39 is 35.7 Å². The lowest BCUT2D eigenvalue weighted by Gasteiger charge is -2.44. The van der Waals surface area contributed by atoms with Crippen LogP contribution in [-0.4, -0.2) is 142 Å². The summed E-state index contributed by atoms with van der Waals surface area (Å²) in [5, 5.41) is 40.5. The van der Waals surface area contributed by atoms with Crippen molar-refractivity contribution < 1.29 is 44.0 Å². The van der Waals surface area contributed by atoms with E-state index in [1.54, 1.807) is 4.90 Å².